The minimum Gasteiger partial charge on any atom is -0.497 e. The summed E-state index contributed by atoms with van der Waals surface area (Å²) in [5.41, 5.74) is 2.58. The molecular weight excluding hydrogens is 192 g/mol. The maximum absolute atomic E-state index is 5.14. The van der Waals surface area contributed by atoms with Crippen LogP contribution in [0.2, 0.25) is 0 Å². The Morgan fingerprint density at radius 2 is 2.27 bits per heavy atom. The zero-order valence-corrected chi connectivity index (χ0v) is 8.08. The molecule has 0 atom stereocenters. The van der Waals surface area contributed by atoms with Gasteiger partial charge in [0.05, 0.1) is 24.3 Å². The number of methoxy groups -OCH3 is 1. The zero-order valence-electron chi connectivity index (χ0n) is 8.08. The van der Waals surface area contributed by atoms with Crippen molar-refractivity contribution in [3.8, 4) is 5.75 Å². The lowest BCUT2D eigenvalue weighted by atomic mass is 10.3. The van der Waals surface area contributed by atoms with Crippen LogP contribution in [0.4, 0.5) is 0 Å². The van der Waals surface area contributed by atoms with Crippen molar-refractivity contribution >= 4 is 16.7 Å². The summed E-state index contributed by atoms with van der Waals surface area (Å²) in [5.74, 6) is 0.794. The predicted molar refractivity (Wildman–Crippen MR) is 54.8 cm³/mol. The number of benzene rings is 1. The first-order valence-corrected chi connectivity index (χ1v) is 4.51. The normalized spacial score (nSPS) is 11.0. The molecule has 0 aliphatic rings. The number of ether oxygens (including phenoxy) is 1. The van der Waals surface area contributed by atoms with Gasteiger partial charge in [-0.15, -0.1) is 10.2 Å². The molecule has 0 N–H and O–H groups in total. The highest BCUT2D eigenvalue weighted by atomic mass is 16.5. The fraction of sp³-hybridized carbons (Fsp3) is 0.100. The van der Waals surface area contributed by atoms with Gasteiger partial charge < -0.3 is 4.74 Å². The third-order valence-electron chi connectivity index (χ3n) is 2.34. The molecule has 74 valence electrons. The average molecular weight is 200 g/mol. The van der Waals surface area contributed by atoms with Crippen molar-refractivity contribution in [3.63, 3.8) is 0 Å². The summed E-state index contributed by atoms with van der Waals surface area (Å²) in [7, 11) is 1.64. The van der Waals surface area contributed by atoms with Gasteiger partial charge in [-0.2, -0.15) is 0 Å². The lowest BCUT2D eigenvalue weighted by Gasteiger charge is -2.02. The number of fused-ring (bicyclic) bond motifs is 3. The van der Waals surface area contributed by atoms with Crippen LogP contribution in [0.3, 0.4) is 0 Å². The van der Waals surface area contributed by atoms with E-state index in [1.165, 1.54) is 0 Å². The van der Waals surface area contributed by atoms with E-state index in [9.17, 15) is 0 Å². The number of hydrogen-bond acceptors (Lipinski definition) is 4. The molecule has 2 aromatic heterocycles. The summed E-state index contributed by atoms with van der Waals surface area (Å²) in [6.07, 6.45) is 3.36. The Morgan fingerprint density at radius 3 is 3.13 bits per heavy atom. The van der Waals surface area contributed by atoms with E-state index in [1.54, 1.807) is 19.6 Å². The average Bonchev–Trinajstić information content (AvgIpc) is 2.76. The SMILES string of the molecule is COc1ccc2c(c1)ncc1nncn12. The van der Waals surface area contributed by atoms with E-state index in [0.717, 1.165) is 22.4 Å². The summed E-state index contributed by atoms with van der Waals surface area (Å²) in [4.78, 5) is 4.29. The van der Waals surface area contributed by atoms with Gasteiger partial charge in [-0.3, -0.25) is 9.38 Å². The molecule has 5 nitrogen and oxygen atoms in total. The Hall–Kier alpha value is -2.17. The molecule has 0 aliphatic carbocycles. The van der Waals surface area contributed by atoms with E-state index >= 15 is 0 Å². The zero-order chi connectivity index (χ0) is 10.3. The minimum absolute atomic E-state index is 0.743. The van der Waals surface area contributed by atoms with Gasteiger partial charge in [-0.25, -0.2) is 0 Å². The third-order valence-corrected chi connectivity index (χ3v) is 2.34. The second kappa shape index (κ2) is 2.91. The molecule has 0 saturated heterocycles. The van der Waals surface area contributed by atoms with Crippen molar-refractivity contribution in [2.24, 2.45) is 0 Å². The highest BCUT2D eigenvalue weighted by Crippen LogP contribution is 2.19. The highest BCUT2D eigenvalue weighted by Gasteiger charge is 2.03. The van der Waals surface area contributed by atoms with E-state index in [4.69, 9.17) is 4.74 Å². The van der Waals surface area contributed by atoms with Gasteiger partial charge in [-0.05, 0) is 12.1 Å². The maximum Gasteiger partial charge on any atom is 0.179 e. The van der Waals surface area contributed by atoms with E-state index in [-0.39, 0.29) is 0 Å². The van der Waals surface area contributed by atoms with Gasteiger partial charge in [0.15, 0.2) is 5.65 Å². The Labute approximate surface area is 85.3 Å². The molecule has 1 aromatic carbocycles. The van der Waals surface area contributed by atoms with Crippen molar-refractivity contribution < 1.29 is 4.74 Å². The van der Waals surface area contributed by atoms with Crippen LogP contribution in [0.5, 0.6) is 5.75 Å². The number of hydrogen-bond donors (Lipinski definition) is 0. The molecule has 0 bridgehead atoms. The number of rotatable bonds is 1. The fourth-order valence-corrected chi connectivity index (χ4v) is 1.58. The first-order valence-electron chi connectivity index (χ1n) is 4.51. The van der Waals surface area contributed by atoms with Crippen molar-refractivity contribution in [1.82, 2.24) is 19.6 Å². The summed E-state index contributed by atoms with van der Waals surface area (Å²) < 4.78 is 7.03. The van der Waals surface area contributed by atoms with Gasteiger partial charge in [0.25, 0.3) is 0 Å². The largest absolute Gasteiger partial charge is 0.497 e. The van der Waals surface area contributed by atoms with E-state index in [2.05, 4.69) is 15.2 Å². The quantitative estimate of drug-likeness (QED) is 0.593. The molecular formula is C10H8N4O. The first-order chi connectivity index (χ1) is 7.38. The molecule has 0 saturated carbocycles. The minimum atomic E-state index is 0.743. The smallest absolute Gasteiger partial charge is 0.179 e. The Balaban J connectivity index is 2.44. The lowest BCUT2D eigenvalue weighted by molar-refractivity contribution is 0.415. The summed E-state index contributed by atoms with van der Waals surface area (Å²) in [6, 6.07) is 5.72. The van der Waals surface area contributed by atoms with E-state index in [0.29, 0.717) is 0 Å². The summed E-state index contributed by atoms with van der Waals surface area (Å²) in [5, 5.41) is 7.77. The maximum atomic E-state index is 5.14. The highest BCUT2D eigenvalue weighted by molar-refractivity contribution is 5.78. The van der Waals surface area contributed by atoms with Gasteiger partial charge in [0, 0.05) is 6.07 Å². The van der Waals surface area contributed by atoms with Gasteiger partial charge >= 0.3 is 0 Å². The van der Waals surface area contributed by atoms with E-state index < -0.39 is 0 Å². The van der Waals surface area contributed by atoms with Crippen LogP contribution in [0.25, 0.3) is 16.7 Å². The Kier molecular flexibility index (Phi) is 1.58. The van der Waals surface area contributed by atoms with Crippen LogP contribution in [-0.4, -0.2) is 26.7 Å². The lowest BCUT2D eigenvalue weighted by Crippen LogP contribution is -1.91. The first kappa shape index (κ1) is 8.16. The molecule has 0 radical (unpaired) electrons. The molecule has 15 heavy (non-hydrogen) atoms. The van der Waals surface area contributed by atoms with Crippen LogP contribution in [0, 0.1) is 0 Å². The van der Waals surface area contributed by atoms with Crippen LogP contribution >= 0.6 is 0 Å². The molecule has 3 aromatic rings. The van der Waals surface area contributed by atoms with Crippen molar-refractivity contribution in [2.75, 3.05) is 7.11 Å². The number of aromatic nitrogens is 4. The van der Waals surface area contributed by atoms with Crippen LogP contribution < -0.4 is 4.74 Å². The number of nitrogens with zero attached hydrogens (tertiary/aromatic N) is 4. The molecule has 0 unspecified atom stereocenters. The molecule has 0 spiro atoms. The molecule has 3 rings (SSSR count). The predicted octanol–water partition coefficient (Wildman–Crippen LogP) is 1.29. The molecule has 5 heteroatoms. The second-order valence-electron chi connectivity index (χ2n) is 3.17. The van der Waals surface area contributed by atoms with Crippen molar-refractivity contribution in [2.45, 2.75) is 0 Å². The fourth-order valence-electron chi connectivity index (χ4n) is 1.58. The standard InChI is InChI=1S/C10H8N4O/c1-15-7-2-3-9-8(4-7)11-5-10-13-12-6-14(9)10/h2-6H,1H3. The van der Waals surface area contributed by atoms with Gasteiger partial charge in [-0.1, -0.05) is 0 Å². The monoisotopic (exact) mass is 200 g/mol. The van der Waals surface area contributed by atoms with Gasteiger partial charge in [0.1, 0.15) is 12.1 Å². The Bertz CT molecular complexity index is 631. The molecule has 0 amide bonds. The van der Waals surface area contributed by atoms with Crippen molar-refractivity contribution in [1.29, 1.82) is 0 Å². The van der Waals surface area contributed by atoms with Crippen LogP contribution in [-0.2, 0) is 0 Å². The summed E-state index contributed by atoms with van der Waals surface area (Å²) >= 11 is 0. The third kappa shape index (κ3) is 1.13. The summed E-state index contributed by atoms with van der Waals surface area (Å²) in [6.45, 7) is 0. The topological polar surface area (TPSA) is 52.3 Å². The molecule has 0 fully saturated rings. The van der Waals surface area contributed by atoms with Gasteiger partial charge in [0.2, 0.25) is 0 Å². The van der Waals surface area contributed by atoms with Crippen molar-refractivity contribution in [3.05, 3.63) is 30.7 Å². The van der Waals surface area contributed by atoms with Crippen LogP contribution in [0.15, 0.2) is 30.7 Å². The second-order valence-corrected chi connectivity index (χ2v) is 3.17. The molecule has 0 aliphatic heterocycles. The Morgan fingerprint density at radius 1 is 1.33 bits per heavy atom. The van der Waals surface area contributed by atoms with Crippen LogP contribution in [0.1, 0.15) is 0 Å². The van der Waals surface area contributed by atoms with E-state index in [1.807, 2.05) is 22.6 Å². The molecule has 2 heterocycles.